The van der Waals surface area contributed by atoms with Gasteiger partial charge in [0.25, 0.3) is 0 Å². The Morgan fingerprint density at radius 2 is 0.859 bits per heavy atom. The van der Waals surface area contributed by atoms with Crippen molar-refractivity contribution >= 4 is 75.0 Å². The molecule has 0 saturated heterocycles. The summed E-state index contributed by atoms with van der Waals surface area (Å²) in [5.41, 5.74) is 11.5. The second-order valence-electron chi connectivity index (χ2n) is 16.2. The molecule has 0 aliphatic carbocycles. The molecule has 9 aromatic carbocycles. The lowest BCUT2D eigenvalue weighted by Gasteiger charge is -2.12. The number of pyridine rings is 1. The van der Waals surface area contributed by atoms with Crippen molar-refractivity contribution in [3.8, 4) is 62.2 Å². The molecule has 0 aliphatic rings. The Kier molecular flexibility index (Phi) is 8.32. The van der Waals surface area contributed by atoms with Gasteiger partial charge >= 0.3 is 0 Å². The van der Waals surface area contributed by atoms with Gasteiger partial charge in [-0.15, -0.1) is 11.3 Å². The number of benzene rings is 9. The highest BCUT2D eigenvalue weighted by molar-refractivity contribution is 7.26. The zero-order chi connectivity index (χ0) is 42.1. The molecule has 0 bridgehead atoms. The molecule has 13 rings (SSSR count). The van der Waals surface area contributed by atoms with Crippen molar-refractivity contribution in [2.45, 2.75) is 0 Å². The summed E-state index contributed by atoms with van der Waals surface area (Å²) in [5.74, 6) is 1.87. The maximum Gasteiger partial charge on any atom is 0.164 e. The van der Waals surface area contributed by atoms with E-state index < -0.39 is 0 Å². The highest BCUT2D eigenvalue weighted by Crippen LogP contribution is 2.44. The van der Waals surface area contributed by atoms with E-state index in [0.29, 0.717) is 17.5 Å². The number of hydrogen-bond acceptors (Lipinski definition) is 5. The van der Waals surface area contributed by atoms with E-state index in [9.17, 15) is 0 Å². The minimum Gasteiger partial charge on any atom is -0.309 e. The van der Waals surface area contributed by atoms with Crippen LogP contribution in [0.1, 0.15) is 0 Å². The van der Waals surface area contributed by atoms with Crippen LogP contribution in [0.5, 0.6) is 0 Å². The van der Waals surface area contributed by atoms with Crippen LogP contribution in [0.4, 0.5) is 0 Å². The standard InChI is InChI=1S/C58H35N5S/c1-2-13-39(14-3-1)56-60-57(62-58(61-56)43-17-12-18-44(33-43)63-50-22-9-6-19-45(50)46-20-7-10-23-51(46)63)40-31-27-37(28-32-40)36-25-29-38(30-26-36)54-55-53(47-21-8-11-24-52(47)64-55)48-34-41-15-4-5-16-42(41)35-49(48)59-54/h1-35H. The van der Waals surface area contributed by atoms with Gasteiger partial charge in [0.15, 0.2) is 17.5 Å². The Morgan fingerprint density at radius 3 is 1.55 bits per heavy atom. The monoisotopic (exact) mass is 833 g/mol. The minimum atomic E-state index is 0.620. The average Bonchev–Trinajstić information content (AvgIpc) is 3.93. The van der Waals surface area contributed by atoms with E-state index in [1.807, 2.05) is 41.7 Å². The zero-order valence-corrected chi connectivity index (χ0v) is 35.2. The normalized spacial score (nSPS) is 11.8. The Hall–Kier alpha value is -8.32. The Labute approximate surface area is 372 Å². The molecule has 0 aliphatic heterocycles. The summed E-state index contributed by atoms with van der Waals surface area (Å²) < 4.78 is 4.81. The second-order valence-corrected chi connectivity index (χ2v) is 17.3. The number of rotatable bonds is 6. The molecule has 0 N–H and O–H groups in total. The third-order valence-electron chi connectivity index (χ3n) is 12.4. The molecule has 6 heteroatoms. The summed E-state index contributed by atoms with van der Waals surface area (Å²) in [6, 6.07) is 75.0. The van der Waals surface area contributed by atoms with E-state index in [4.69, 9.17) is 19.9 Å². The van der Waals surface area contributed by atoms with Crippen molar-refractivity contribution in [3.05, 3.63) is 212 Å². The molecule has 0 radical (unpaired) electrons. The first-order valence-corrected chi connectivity index (χ1v) is 22.3. The second kappa shape index (κ2) is 14.7. The van der Waals surface area contributed by atoms with E-state index in [-0.39, 0.29) is 0 Å². The molecule has 0 amide bonds. The highest BCUT2D eigenvalue weighted by Gasteiger charge is 2.19. The van der Waals surface area contributed by atoms with Gasteiger partial charge in [-0.05, 0) is 64.4 Å². The summed E-state index contributed by atoms with van der Waals surface area (Å²) in [6.45, 7) is 0. The van der Waals surface area contributed by atoms with Gasteiger partial charge < -0.3 is 4.57 Å². The quantitative estimate of drug-likeness (QED) is 0.157. The maximum atomic E-state index is 5.36. The molecule has 0 unspecified atom stereocenters. The molecule has 0 atom stereocenters. The predicted octanol–water partition coefficient (Wildman–Crippen LogP) is 15.4. The van der Waals surface area contributed by atoms with Crippen molar-refractivity contribution in [1.82, 2.24) is 24.5 Å². The van der Waals surface area contributed by atoms with E-state index in [1.165, 1.54) is 47.1 Å². The van der Waals surface area contributed by atoms with Gasteiger partial charge in [0.1, 0.15) is 0 Å². The maximum absolute atomic E-state index is 5.36. The molecule has 13 aromatic rings. The Balaban J connectivity index is 0.870. The first-order valence-electron chi connectivity index (χ1n) is 21.5. The topological polar surface area (TPSA) is 56.5 Å². The van der Waals surface area contributed by atoms with E-state index in [2.05, 4.69) is 187 Å². The predicted molar refractivity (Wildman–Crippen MR) is 267 cm³/mol. The molecule has 298 valence electrons. The molecule has 0 saturated carbocycles. The van der Waals surface area contributed by atoms with Crippen LogP contribution in [-0.4, -0.2) is 24.5 Å². The van der Waals surface area contributed by atoms with E-state index in [1.54, 1.807) is 0 Å². The lowest BCUT2D eigenvalue weighted by Crippen LogP contribution is -2.01. The van der Waals surface area contributed by atoms with Crippen molar-refractivity contribution in [2.24, 2.45) is 0 Å². The fourth-order valence-corrected chi connectivity index (χ4v) is 10.6. The van der Waals surface area contributed by atoms with Gasteiger partial charge in [0.2, 0.25) is 0 Å². The molecule has 0 fully saturated rings. The Bertz CT molecular complexity index is 3890. The number of para-hydroxylation sites is 2. The minimum absolute atomic E-state index is 0.620. The summed E-state index contributed by atoms with van der Waals surface area (Å²) in [5, 5.41) is 8.62. The van der Waals surface area contributed by atoms with Crippen LogP contribution in [-0.2, 0) is 0 Å². The van der Waals surface area contributed by atoms with Gasteiger partial charge in [-0.1, -0.05) is 170 Å². The molecule has 5 nitrogen and oxygen atoms in total. The molecule has 0 spiro atoms. The highest BCUT2D eigenvalue weighted by atomic mass is 32.1. The van der Waals surface area contributed by atoms with Crippen LogP contribution in [0.3, 0.4) is 0 Å². The number of nitrogens with zero attached hydrogens (tertiary/aromatic N) is 5. The first kappa shape index (κ1) is 36.3. The smallest absolute Gasteiger partial charge is 0.164 e. The summed E-state index contributed by atoms with van der Waals surface area (Å²) >= 11 is 1.82. The Morgan fingerprint density at radius 1 is 0.344 bits per heavy atom. The fraction of sp³-hybridized carbons (Fsp3) is 0. The summed E-state index contributed by atoms with van der Waals surface area (Å²) in [4.78, 5) is 20.6. The van der Waals surface area contributed by atoms with Gasteiger partial charge in [-0.3, -0.25) is 0 Å². The van der Waals surface area contributed by atoms with Gasteiger partial charge in [0, 0.05) is 59.6 Å². The van der Waals surface area contributed by atoms with Gasteiger partial charge in [0.05, 0.1) is 26.9 Å². The third kappa shape index (κ3) is 5.99. The summed E-state index contributed by atoms with van der Waals surface area (Å²) in [7, 11) is 0. The third-order valence-corrected chi connectivity index (χ3v) is 13.6. The van der Waals surface area contributed by atoms with E-state index in [0.717, 1.165) is 61.3 Å². The molecule has 4 aromatic heterocycles. The lowest BCUT2D eigenvalue weighted by molar-refractivity contribution is 1.07. The average molecular weight is 834 g/mol. The molecule has 64 heavy (non-hydrogen) atoms. The van der Waals surface area contributed by atoms with Crippen LogP contribution in [0.25, 0.3) is 126 Å². The number of aromatic nitrogens is 5. The van der Waals surface area contributed by atoms with Crippen LogP contribution in [0.15, 0.2) is 212 Å². The number of thiophene rings is 1. The molecular formula is C58H35N5S. The van der Waals surface area contributed by atoms with Crippen LogP contribution in [0.2, 0.25) is 0 Å². The summed E-state index contributed by atoms with van der Waals surface area (Å²) in [6.07, 6.45) is 0. The van der Waals surface area contributed by atoms with Gasteiger partial charge in [-0.2, -0.15) is 0 Å². The van der Waals surface area contributed by atoms with Gasteiger partial charge in [-0.25, -0.2) is 19.9 Å². The zero-order valence-electron chi connectivity index (χ0n) is 34.4. The largest absolute Gasteiger partial charge is 0.309 e. The lowest BCUT2D eigenvalue weighted by atomic mass is 9.98. The first-order chi connectivity index (χ1) is 31.7. The van der Waals surface area contributed by atoms with Crippen molar-refractivity contribution < 1.29 is 0 Å². The van der Waals surface area contributed by atoms with Crippen molar-refractivity contribution in [2.75, 3.05) is 0 Å². The van der Waals surface area contributed by atoms with Crippen molar-refractivity contribution in [3.63, 3.8) is 0 Å². The van der Waals surface area contributed by atoms with Crippen LogP contribution in [0, 0.1) is 0 Å². The van der Waals surface area contributed by atoms with Crippen LogP contribution < -0.4 is 0 Å². The molecular weight excluding hydrogens is 799 g/mol. The van der Waals surface area contributed by atoms with Crippen LogP contribution >= 0.6 is 11.3 Å². The number of hydrogen-bond donors (Lipinski definition) is 0. The number of fused-ring (bicyclic) bond motifs is 9. The SMILES string of the molecule is c1ccc(-c2nc(-c3ccc(-c4ccc(-c5nc6cc7ccccc7cc6c6c5sc5ccccc56)cc4)cc3)nc(-c3cccc(-n4c5ccccc5c5ccccc54)c3)n2)cc1. The fourth-order valence-electron chi connectivity index (χ4n) is 9.34. The molecule has 4 heterocycles. The van der Waals surface area contributed by atoms with E-state index >= 15 is 0 Å². The van der Waals surface area contributed by atoms with Crippen molar-refractivity contribution in [1.29, 1.82) is 0 Å².